The Bertz CT molecular complexity index is 882. The quantitative estimate of drug-likeness (QED) is 0.808. The lowest BCUT2D eigenvalue weighted by Gasteiger charge is -2.14. The van der Waals surface area contributed by atoms with Crippen molar-refractivity contribution < 1.29 is 13.5 Å². The molecule has 0 radical (unpaired) electrons. The molecule has 3 aromatic rings. The molecule has 4 nitrogen and oxygen atoms in total. The van der Waals surface area contributed by atoms with Crippen LogP contribution in [0, 0.1) is 0 Å². The van der Waals surface area contributed by atoms with Crippen LogP contribution in [0.25, 0.3) is 10.9 Å². The predicted octanol–water partition coefficient (Wildman–Crippen LogP) is 2.53. The molecule has 2 aromatic carbocycles. The van der Waals surface area contributed by atoms with Crippen molar-refractivity contribution in [2.75, 3.05) is 6.26 Å². The monoisotopic (exact) mass is 301 g/mol. The second-order valence-electron chi connectivity index (χ2n) is 4.97. The van der Waals surface area contributed by atoms with Gasteiger partial charge < -0.3 is 5.11 Å². The van der Waals surface area contributed by atoms with Gasteiger partial charge in [-0.2, -0.15) is 0 Å². The Hall–Kier alpha value is -2.11. The summed E-state index contributed by atoms with van der Waals surface area (Å²) in [6.45, 7) is 0. The first kappa shape index (κ1) is 13.9. The first-order chi connectivity index (χ1) is 9.98. The lowest BCUT2D eigenvalue weighted by molar-refractivity contribution is 0.214. The second kappa shape index (κ2) is 5.02. The highest BCUT2D eigenvalue weighted by Gasteiger charge is 2.22. The number of aromatic nitrogens is 1. The first-order valence-corrected chi connectivity index (χ1v) is 8.37. The zero-order valence-corrected chi connectivity index (χ0v) is 12.3. The van der Waals surface area contributed by atoms with Gasteiger partial charge in [0.1, 0.15) is 6.10 Å². The molecule has 5 heteroatoms. The largest absolute Gasteiger partial charge is 0.382 e. The summed E-state index contributed by atoms with van der Waals surface area (Å²) < 4.78 is 25.4. The Morgan fingerprint density at radius 2 is 1.62 bits per heavy atom. The third-order valence-electron chi connectivity index (χ3n) is 3.42. The highest BCUT2D eigenvalue weighted by atomic mass is 32.2. The fourth-order valence-corrected chi connectivity index (χ4v) is 3.58. The average Bonchev–Trinajstić information content (AvgIpc) is 2.86. The zero-order chi connectivity index (χ0) is 15.0. The predicted molar refractivity (Wildman–Crippen MR) is 82.7 cm³/mol. The highest BCUT2D eigenvalue weighted by molar-refractivity contribution is 7.89. The standard InChI is InChI=1S/C16H15NO3S/c1-21(19,20)17-14-10-6-5-9-13(14)11-15(17)16(18)12-7-3-2-4-8-12/h2-11,16,18H,1H3. The Labute approximate surface area is 123 Å². The number of nitrogens with zero attached hydrogens (tertiary/aromatic N) is 1. The van der Waals surface area contributed by atoms with Gasteiger partial charge in [0.2, 0.25) is 10.0 Å². The van der Waals surface area contributed by atoms with E-state index in [-0.39, 0.29) is 0 Å². The van der Waals surface area contributed by atoms with Gasteiger partial charge in [0, 0.05) is 5.39 Å². The number of rotatable bonds is 3. The molecule has 1 atom stereocenters. The van der Waals surface area contributed by atoms with Crippen LogP contribution in [0.4, 0.5) is 0 Å². The molecule has 0 aliphatic heterocycles. The van der Waals surface area contributed by atoms with E-state index in [0.29, 0.717) is 16.8 Å². The van der Waals surface area contributed by atoms with Gasteiger partial charge in [-0.05, 0) is 17.7 Å². The minimum Gasteiger partial charge on any atom is -0.382 e. The summed E-state index contributed by atoms with van der Waals surface area (Å²) in [5.74, 6) is 0. The van der Waals surface area contributed by atoms with E-state index in [4.69, 9.17) is 0 Å². The van der Waals surface area contributed by atoms with Gasteiger partial charge in [-0.3, -0.25) is 0 Å². The van der Waals surface area contributed by atoms with Crippen LogP contribution < -0.4 is 0 Å². The van der Waals surface area contributed by atoms with Crippen LogP contribution in [0.2, 0.25) is 0 Å². The molecule has 21 heavy (non-hydrogen) atoms. The summed E-state index contributed by atoms with van der Waals surface area (Å²) in [6, 6.07) is 17.9. The average molecular weight is 301 g/mol. The second-order valence-corrected chi connectivity index (χ2v) is 6.80. The van der Waals surface area contributed by atoms with Crippen molar-refractivity contribution in [3.63, 3.8) is 0 Å². The van der Waals surface area contributed by atoms with Crippen molar-refractivity contribution in [2.45, 2.75) is 6.10 Å². The Kier molecular flexibility index (Phi) is 3.31. The molecule has 1 aromatic heterocycles. The minimum atomic E-state index is -3.51. The van der Waals surface area contributed by atoms with E-state index in [1.54, 1.807) is 30.3 Å². The lowest BCUT2D eigenvalue weighted by Crippen LogP contribution is -2.16. The molecule has 0 amide bonds. The number of benzene rings is 2. The number of hydrogen-bond donors (Lipinski definition) is 1. The zero-order valence-electron chi connectivity index (χ0n) is 11.5. The molecule has 0 aliphatic rings. The molecular weight excluding hydrogens is 286 g/mol. The van der Waals surface area contributed by atoms with Gasteiger partial charge in [-0.25, -0.2) is 12.4 Å². The van der Waals surface area contributed by atoms with Gasteiger partial charge in [0.05, 0.1) is 17.5 Å². The van der Waals surface area contributed by atoms with Gasteiger partial charge in [0.15, 0.2) is 0 Å². The van der Waals surface area contributed by atoms with Crippen LogP contribution in [0.15, 0.2) is 60.7 Å². The van der Waals surface area contributed by atoms with E-state index in [9.17, 15) is 13.5 Å². The third kappa shape index (κ3) is 2.46. The molecule has 0 saturated carbocycles. The summed E-state index contributed by atoms with van der Waals surface area (Å²) in [7, 11) is -3.51. The maximum Gasteiger partial charge on any atom is 0.236 e. The van der Waals surface area contributed by atoms with Crippen molar-refractivity contribution in [2.24, 2.45) is 0 Å². The normalized spacial score (nSPS) is 13.4. The van der Waals surface area contributed by atoms with E-state index in [0.717, 1.165) is 11.6 Å². The van der Waals surface area contributed by atoms with Gasteiger partial charge in [-0.15, -0.1) is 0 Å². The SMILES string of the molecule is CS(=O)(=O)n1c(C(O)c2ccccc2)cc2ccccc21. The van der Waals surface area contributed by atoms with E-state index in [1.165, 1.54) is 3.97 Å². The summed E-state index contributed by atoms with van der Waals surface area (Å²) in [6.07, 6.45) is 0.147. The van der Waals surface area contributed by atoms with Crippen LogP contribution in [0.3, 0.4) is 0 Å². The molecule has 1 unspecified atom stereocenters. The molecule has 3 rings (SSSR count). The van der Waals surface area contributed by atoms with Crippen LogP contribution in [0.1, 0.15) is 17.4 Å². The summed E-state index contributed by atoms with van der Waals surface area (Å²) in [5.41, 5.74) is 1.58. The van der Waals surface area contributed by atoms with E-state index < -0.39 is 16.1 Å². The molecule has 1 N–H and O–H groups in total. The Morgan fingerprint density at radius 1 is 1.00 bits per heavy atom. The third-order valence-corrected chi connectivity index (χ3v) is 4.49. The van der Waals surface area contributed by atoms with Crippen LogP contribution in [-0.2, 0) is 10.0 Å². The summed E-state index contributed by atoms with van der Waals surface area (Å²) in [4.78, 5) is 0. The summed E-state index contributed by atoms with van der Waals surface area (Å²) >= 11 is 0. The first-order valence-electron chi connectivity index (χ1n) is 6.52. The molecule has 1 heterocycles. The maximum absolute atomic E-state index is 12.1. The van der Waals surface area contributed by atoms with Crippen LogP contribution >= 0.6 is 0 Å². The smallest absolute Gasteiger partial charge is 0.236 e. The van der Waals surface area contributed by atoms with E-state index >= 15 is 0 Å². The Balaban J connectivity index is 2.28. The Morgan fingerprint density at radius 3 is 2.29 bits per heavy atom. The van der Waals surface area contributed by atoms with Crippen LogP contribution in [0.5, 0.6) is 0 Å². The maximum atomic E-state index is 12.1. The molecule has 0 aliphatic carbocycles. The molecule has 0 saturated heterocycles. The molecular formula is C16H15NO3S. The van der Waals surface area contributed by atoms with Crippen LogP contribution in [-0.4, -0.2) is 23.8 Å². The minimum absolute atomic E-state index is 0.352. The van der Waals surface area contributed by atoms with Gasteiger partial charge in [-0.1, -0.05) is 48.5 Å². The lowest BCUT2D eigenvalue weighted by atomic mass is 10.1. The van der Waals surface area contributed by atoms with Gasteiger partial charge in [0.25, 0.3) is 0 Å². The number of aliphatic hydroxyl groups is 1. The molecule has 0 bridgehead atoms. The molecule has 0 spiro atoms. The van der Waals surface area contributed by atoms with Crippen molar-refractivity contribution in [3.05, 3.63) is 71.9 Å². The van der Waals surface area contributed by atoms with E-state index in [1.807, 2.05) is 30.3 Å². The van der Waals surface area contributed by atoms with Crippen molar-refractivity contribution in [3.8, 4) is 0 Å². The van der Waals surface area contributed by atoms with Crippen molar-refractivity contribution >= 4 is 20.9 Å². The van der Waals surface area contributed by atoms with Gasteiger partial charge >= 0.3 is 0 Å². The number of aliphatic hydroxyl groups excluding tert-OH is 1. The number of para-hydroxylation sites is 1. The summed E-state index contributed by atoms with van der Waals surface area (Å²) in [5, 5.41) is 11.3. The highest BCUT2D eigenvalue weighted by Crippen LogP contribution is 2.29. The molecule has 0 fully saturated rings. The number of fused-ring (bicyclic) bond motifs is 1. The van der Waals surface area contributed by atoms with E-state index in [2.05, 4.69) is 0 Å². The topological polar surface area (TPSA) is 59.3 Å². The fraction of sp³-hybridized carbons (Fsp3) is 0.125. The molecule has 108 valence electrons. The number of hydrogen-bond acceptors (Lipinski definition) is 3. The van der Waals surface area contributed by atoms with Crippen molar-refractivity contribution in [1.82, 2.24) is 3.97 Å². The van der Waals surface area contributed by atoms with Crippen molar-refractivity contribution in [1.29, 1.82) is 0 Å². The fourth-order valence-electron chi connectivity index (χ4n) is 2.52.